The van der Waals surface area contributed by atoms with Crippen LogP contribution in [0.2, 0.25) is 0 Å². The molecule has 0 saturated heterocycles. The van der Waals surface area contributed by atoms with Crippen molar-refractivity contribution in [3.8, 4) is 0 Å². The summed E-state index contributed by atoms with van der Waals surface area (Å²) in [5, 5.41) is 0. The van der Waals surface area contributed by atoms with Crippen molar-refractivity contribution in [3.63, 3.8) is 0 Å². The van der Waals surface area contributed by atoms with Crippen molar-refractivity contribution in [2.24, 2.45) is 56.7 Å². The summed E-state index contributed by atoms with van der Waals surface area (Å²) in [6, 6.07) is 0. The summed E-state index contributed by atoms with van der Waals surface area (Å²) in [6.45, 7) is 23.1. The Morgan fingerprint density at radius 2 is 1.45 bits per heavy atom. The smallest absolute Gasteiger partial charge is 0.302 e. The first-order valence-electron chi connectivity index (χ1n) is 15.7. The highest BCUT2D eigenvalue weighted by molar-refractivity contribution is 15.0. The molecule has 0 aromatic carbocycles. The summed E-state index contributed by atoms with van der Waals surface area (Å²) in [4.78, 5) is 23.8. The van der Waals surface area contributed by atoms with Gasteiger partial charge in [0.2, 0.25) is 0 Å². The van der Waals surface area contributed by atoms with E-state index in [1.165, 1.54) is 56.9 Å². The Morgan fingerprint density at radius 1 is 0.775 bits per heavy atom. The lowest BCUT2D eigenvalue weighted by atomic mass is 9.32. The number of fused-ring (bicyclic) bond motifs is 7. The highest BCUT2D eigenvalue weighted by atomic mass is 128. The van der Waals surface area contributed by atoms with Gasteiger partial charge >= 0.3 is 11.9 Å². The Bertz CT molecular complexity index is 1010. The predicted molar refractivity (Wildman–Crippen MR) is 179 cm³/mol. The quantitative estimate of drug-likeness (QED) is 0.162. The van der Waals surface area contributed by atoms with Gasteiger partial charge in [-0.25, -0.2) is 0 Å². The van der Waals surface area contributed by atoms with E-state index < -0.39 is 0 Å². The lowest BCUT2D eigenvalue weighted by Crippen LogP contribution is -2.67. The zero-order valence-corrected chi connectivity index (χ0v) is 30.7. The third-order valence-electron chi connectivity index (χ3n) is 14.0. The molecule has 40 heavy (non-hydrogen) atoms. The summed E-state index contributed by atoms with van der Waals surface area (Å²) < 4.78 is 11.7. The maximum Gasteiger partial charge on any atom is 0.302 e. The molecular formula is C34H54I2O4. The molecule has 6 unspecified atom stereocenters. The van der Waals surface area contributed by atoms with Crippen LogP contribution in [-0.2, 0) is 19.1 Å². The van der Waals surface area contributed by atoms with Gasteiger partial charge in [0.25, 0.3) is 0 Å². The van der Waals surface area contributed by atoms with E-state index in [1.54, 1.807) is 13.8 Å². The van der Waals surface area contributed by atoms with Crippen LogP contribution in [0, 0.1) is 56.7 Å². The lowest BCUT2D eigenvalue weighted by Gasteiger charge is -2.73. The molecule has 0 N–H and O–H groups in total. The van der Waals surface area contributed by atoms with Crippen LogP contribution < -0.4 is 0 Å². The lowest BCUT2D eigenvalue weighted by molar-refractivity contribution is -0.252. The maximum atomic E-state index is 11.9. The van der Waals surface area contributed by atoms with Gasteiger partial charge in [0, 0.05) is 61.9 Å². The van der Waals surface area contributed by atoms with Crippen molar-refractivity contribution >= 4 is 49.2 Å². The van der Waals surface area contributed by atoms with Crippen LogP contribution in [0.3, 0.4) is 0 Å². The van der Waals surface area contributed by atoms with Crippen molar-refractivity contribution in [1.29, 1.82) is 0 Å². The van der Waals surface area contributed by atoms with Crippen molar-refractivity contribution in [2.75, 3.05) is 6.61 Å². The second-order valence-electron chi connectivity index (χ2n) is 15.8. The van der Waals surface area contributed by atoms with E-state index in [0.29, 0.717) is 41.6 Å². The van der Waals surface area contributed by atoms with Gasteiger partial charge in [-0.1, -0.05) is 46.8 Å². The molecule has 5 aliphatic rings. The number of carbonyl (C=O) groups excluding carboxylic acids is 2. The minimum Gasteiger partial charge on any atom is -0.465 e. The third-order valence-corrected chi connectivity index (χ3v) is 14.0. The Kier molecular flexibility index (Phi) is 9.56. The van der Waals surface area contributed by atoms with Gasteiger partial charge in [0.1, 0.15) is 6.10 Å². The van der Waals surface area contributed by atoms with Gasteiger partial charge in [-0.3, -0.25) is 9.59 Å². The van der Waals surface area contributed by atoms with Crippen molar-refractivity contribution < 1.29 is 19.1 Å². The molecule has 0 amide bonds. The monoisotopic (exact) mass is 780 g/mol. The predicted octanol–water partition coefficient (Wildman–Crippen LogP) is 9.91. The molecule has 0 aliphatic heterocycles. The molecule has 5 saturated carbocycles. The van der Waals surface area contributed by atoms with Crippen LogP contribution in [0.4, 0.5) is 0 Å². The van der Waals surface area contributed by atoms with Gasteiger partial charge in [-0.05, 0) is 117 Å². The first-order valence-corrected chi connectivity index (χ1v) is 22.0. The molecule has 0 aromatic heterocycles. The highest BCUT2D eigenvalue weighted by Crippen LogP contribution is 2.77. The van der Waals surface area contributed by atoms with Crippen LogP contribution in [0.5, 0.6) is 0 Å². The molecule has 4 nitrogen and oxygen atoms in total. The Morgan fingerprint density at radius 3 is 2.05 bits per heavy atom. The fraction of sp³-hybridized carbons (Fsp3) is 0.882. The van der Waals surface area contributed by atoms with Gasteiger partial charge in [-0.2, -0.15) is 0 Å². The van der Waals surface area contributed by atoms with E-state index >= 15 is 0 Å². The van der Waals surface area contributed by atoms with E-state index in [2.05, 4.69) is 85.4 Å². The topological polar surface area (TPSA) is 52.6 Å². The number of carbonyl (C=O) groups is 2. The second-order valence-corrected chi connectivity index (χ2v) is 15.8. The molecular weight excluding hydrogens is 726 g/mol. The van der Waals surface area contributed by atoms with Crippen LogP contribution in [0.15, 0.2) is 12.2 Å². The van der Waals surface area contributed by atoms with E-state index in [1.807, 2.05) is 0 Å². The van der Waals surface area contributed by atoms with E-state index in [9.17, 15) is 9.59 Å². The maximum absolute atomic E-state index is 11.9. The number of hydrogen-bond donors (Lipinski definition) is 0. The largest absolute Gasteiger partial charge is 0.465 e. The Balaban J connectivity index is 0.00000181. The summed E-state index contributed by atoms with van der Waals surface area (Å²) >= 11 is 4.24. The molecule has 5 fully saturated rings. The van der Waals surface area contributed by atoms with Gasteiger partial charge in [0.05, 0.1) is 6.61 Å². The number of allylic oxidation sites excluding steroid dienone is 1. The fourth-order valence-corrected chi connectivity index (χ4v) is 12.2. The summed E-state index contributed by atoms with van der Waals surface area (Å²) in [5.74, 6) is 2.76. The number of halogens is 2. The van der Waals surface area contributed by atoms with Crippen LogP contribution >= 0.6 is 37.2 Å². The molecule has 0 spiro atoms. The molecule has 0 heterocycles. The molecule has 5 rings (SSSR count). The first-order chi connectivity index (χ1) is 18.6. The summed E-state index contributed by atoms with van der Waals surface area (Å²) in [6.07, 6.45) is 12.0. The molecule has 6 heteroatoms. The molecule has 228 valence electrons. The third kappa shape index (κ3) is 4.95. The first kappa shape index (κ1) is 33.0. The van der Waals surface area contributed by atoms with Gasteiger partial charge in [-0.15, -0.1) is 0 Å². The number of hydrogen-bond acceptors (Lipinski definition) is 4. The Labute approximate surface area is 267 Å². The number of esters is 2. The van der Waals surface area contributed by atoms with Crippen LogP contribution in [-0.4, -0.2) is 24.6 Å². The molecule has 0 radical (unpaired) electrons. The fourth-order valence-electron chi connectivity index (χ4n) is 12.2. The summed E-state index contributed by atoms with van der Waals surface area (Å²) in [7, 11) is 0. The zero-order valence-electron chi connectivity index (χ0n) is 26.3. The molecule has 0 aromatic rings. The molecule has 0 bridgehead atoms. The minimum absolute atomic E-state index is 0.00000109. The second kappa shape index (κ2) is 11.6. The van der Waals surface area contributed by atoms with Crippen LogP contribution in [0.1, 0.15) is 120 Å². The zero-order chi connectivity index (χ0) is 29.9. The number of rotatable bonds is 4. The van der Waals surface area contributed by atoms with Gasteiger partial charge < -0.3 is 9.47 Å². The van der Waals surface area contributed by atoms with Crippen LogP contribution in [0.25, 0.3) is 0 Å². The van der Waals surface area contributed by atoms with Crippen molar-refractivity contribution in [2.45, 2.75) is 126 Å². The van der Waals surface area contributed by atoms with Crippen molar-refractivity contribution in [3.05, 3.63) is 12.2 Å². The van der Waals surface area contributed by atoms with E-state index in [0.717, 1.165) is 12.8 Å². The highest BCUT2D eigenvalue weighted by Gasteiger charge is 2.71. The van der Waals surface area contributed by atoms with E-state index in [4.69, 9.17) is 9.47 Å². The van der Waals surface area contributed by atoms with Crippen molar-refractivity contribution in [1.82, 2.24) is 0 Å². The SMILES string of the molecule is C=C(C)C1CCC2(COC(C)=O)CC[C@]3(C)C(CCC4[C@@]5(C)CC[C@H](OC(C)=O)C(C)(C)C5CC[C@]43C)C12.II. The Hall–Kier alpha value is 0.140. The van der Waals surface area contributed by atoms with E-state index in [-0.39, 0.29) is 39.7 Å². The standard InChI is InChI=1S/C34H54O4.I2/c1-21(2)24-12-17-34(20-37-22(3)35)19-18-32(8)25(29(24)34)10-11-27-31(7)15-14-28(38-23(4)36)30(5,6)26(31)13-16-33(27,32)9;1-2/h24-29H,1,10-20H2,2-9H3;/t24?,25?,26?,27?,28-,29?,31-,32+,33+,34?;/m0./s1. The minimum atomic E-state index is -0.140. The normalized spacial score (nSPS) is 46.8. The number of ether oxygens (including phenoxy) is 2. The molecule has 5 aliphatic carbocycles. The summed E-state index contributed by atoms with van der Waals surface area (Å²) in [5.41, 5.74) is 2.30. The molecule has 10 atom stereocenters. The average molecular weight is 781 g/mol. The average Bonchev–Trinajstić information content (AvgIpc) is 3.26. The van der Waals surface area contributed by atoms with Gasteiger partial charge in [0.15, 0.2) is 0 Å².